The zero-order valence-electron chi connectivity index (χ0n) is 35.4. The van der Waals surface area contributed by atoms with Crippen LogP contribution in [-0.2, 0) is 11.8 Å². The van der Waals surface area contributed by atoms with Gasteiger partial charge in [0, 0.05) is 15.0 Å². The number of benzene rings is 6. The molecule has 1 heterocycles. The highest BCUT2D eigenvalue weighted by Crippen LogP contribution is 2.59. The predicted molar refractivity (Wildman–Crippen MR) is 259 cm³/mol. The van der Waals surface area contributed by atoms with Gasteiger partial charge in [0.2, 0.25) is 0 Å². The van der Waals surface area contributed by atoms with Crippen molar-refractivity contribution < 1.29 is 0 Å². The fourth-order valence-electron chi connectivity index (χ4n) is 10.1. The molecule has 0 aliphatic heterocycles. The Hall–Kier alpha value is -5.50. The summed E-state index contributed by atoms with van der Waals surface area (Å²) in [4.78, 5) is 1.59. The molecule has 59 heavy (non-hydrogen) atoms. The maximum absolute atomic E-state index is 4.34. The molecule has 0 nitrogen and oxygen atoms in total. The molecule has 1 aromatic heterocycles. The van der Waals surface area contributed by atoms with Crippen LogP contribution in [0.15, 0.2) is 159 Å². The van der Waals surface area contributed by atoms with Crippen molar-refractivity contribution in [2.75, 3.05) is 0 Å². The van der Waals surface area contributed by atoms with Crippen molar-refractivity contribution in [2.45, 2.75) is 84.0 Å². The Morgan fingerprint density at radius 1 is 0.627 bits per heavy atom. The lowest BCUT2D eigenvalue weighted by molar-refractivity contribution is 0.443. The van der Waals surface area contributed by atoms with Gasteiger partial charge in [0.1, 0.15) is 0 Å². The fourth-order valence-corrected chi connectivity index (χ4v) is 11.4. The van der Waals surface area contributed by atoms with E-state index in [1.165, 1.54) is 116 Å². The first-order valence-electron chi connectivity index (χ1n) is 21.8. The molecule has 0 N–H and O–H groups in total. The molecular weight excluding hydrogens is 729 g/mol. The molecule has 10 rings (SSSR count). The van der Waals surface area contributed by atoms with Gasteiger partial charge in [0.15, 0.2) is 0 Å². The highest BCUT2D eigenvalue weighted by molar-refractivity contribution is 7.19. The molecular formula is C58H58S. The van der Waals surface area contributed by atoms with Gasteiger partial charge in [-0.1, -0.05) is 209 Å². The molecule has 0 amide bonds. The molecule has 0 saturated heterocycles. The van der Waals surface area contributed by atoms with Gasteiger partial charge < -0.3 is 0 Å². The van der Waals surface area contributed by atoms with Crippen LogP contribution in [0.4, 0.5) is 0 Å². The van der Waals surface area contributed by atoms with Crippen molar-refractivity contribution in [3.05, 3.63) is 219 Å². The lowest BCUT2D eigenvalue weighted by Gasteiger charge is -2.35. The average Bonchev–Trinajstić information content (AvgIpc) is 3.81. The highest BCUT2D eigenvalue weighted by atomic mass is 32.1. The van der Waals surface area contributed by atoms with Gasteiger partial charge in [-0.15, -0.1) is 11.3 Å². The molecule has 296 valence electrons. The number of hydrogen-bond donors (Lipinski definition) is 0. The molecule has 3 aliphatic rings. The summed E-state index contributed by atoms with van der Waals surface area (Å²) >= 11 is 1.98. The first-order valence-corrected chi connectivity index (χ1v) is 22.6. The van der Waals surface area contributed by atoms with Crippen molar-refractivity contribution in [3.63, 3.8) is 0 Å². The van der Waals surface area contributed by atoms with Gasteiger partial charge in [0.25, 0.3) is 0 Å². The number of aryl methyl sites for hydroxylation is 3. The third-order valence-corrected chi connectivity index (χ3v) is 14.0. The van der Waals surface area contributed by atoms with E-state index in [0.29, 0.717) is 11.8 Å². The van der Waals surface area contributed by atoms with E-state index in [2.05, 4.69) is 180 Å². The van der Waals surface area contributed by atoms with Gasteiger partial charge in [-0.2, -0.15) is 0 Å². The molecule has 1 heteroatoms. The molecule has 1 saturated carbocycles. The van der Waals surface area contributed by atoms with Crippen LogP contribution in [0.2, 0.25) is 0 Å². The molecule has 0 atom stereocenters. The van der Waals surface area contributed by atoms with E-state index in [0.717, 1.165) is 0 Å². The first kappa shape index (κ1) is 40.3. The minimum Gasteiger partial charge on any atom is -0.140 e. The Kier molecular flexibility index (Phi) is 12.1. The van der Waals surface area contributed by atoms with Gasteiger partial charge in [0.05, 0.1) is 5.41 Å². The molecule has 7 aromatic rings. The van der Waals surface area contributed by atoms with E-state index in [9.17, 15) is 0 Å². The standard InChI is InChI=1S/C36H34.C15H16S.C7H8/c1-4-29-30(5-2)35-31-22-21-25(3)23-33(31)36(27-17-11-7-12-18-27,28-19-13-8-14-20-28)34(35)24-32(29)26-15-9-6-10-16-26;1-10(2)11-7-5-9-14-15(11)12-6-3-4-8-13(12)16-14;1-7-5-3-2-4-6-7/h4-5,7-8,11-14,17-24,26H,1-2,6,9-10,15-16H2,3H3;3-4,6-8,10H,5,9H2,1-2H3;2-6H,1H3. The second kappa shape index (κ2) is 17.8. The monoisotopic (exact) mass is 786 g/mol. The summed E-state index contributed by atoms with van der Waals surface area (Å²) in [7, 11) is 0. The lowest BCUT2D eigenvalue weighted by Crippen LogP contribution is -2.29. The van der Waals surface area contributed by atoms with Crippen LogP contribution in [0, 0.1) is 19.8 Å². The smallest absolute Gasteiger partial charge is 0.0713 e. The number of hydrogen-bond acceptors (Lipinski definition) is 1. The Balaban J connectivity index is 0.000000171. The predicted octanol–water partition coefficient (Wildman–Crippen LogP) is 16.6. The van der Waals surface area contributed by atoms with E-state index >= 15 is 0 Å². The van der Waals surface area contributed by atoms with Gasteiger partial charge in [-0.05, 0) is 119 Å². The van der Waals surface area contributed by atoms with Crippen LogP contribution < -0.4 is 0 Å². The molecule has 0 spiro atoms. The zero-order chi connectivity index (χ0) is 40.9. The molecule has 0 radical (unpaired) electrons. The minimum absolute atomic E-state index is 0.375. The summed E-state index contributed by atoms with van der Waals surface area (Å²) in [6.45, 7) is 17.5. The zero-order valence-corrected chi connectivity index (χ0v) is 36.3. The average molecular weight is 787 g/mol. The van der Waals surface area contributed by atoms with E-state index in [1.54, 1.807) is 16.0 Å². The Morgan fingerprint density at radius 2 is 1.24 bits per heavy atom. The Bertz CT molecular complexity index is 2550. The van der Waals surface area contributed by atoms with Crippen molar-refractivity contribution in [1.82, 2.24) is 0 Å². The number of rotatable bonds is 6. The van der Waals surface area contributed by atoms with E-state index in [4.69, 9.17) is 0 Å². The van der Waals surface area contributed by atoms with Crippen LogP contribution in [0.25, 0.3) is 38.9 Å². The maximum Gasteiger partial charge on any atom is 0.0713 e. The van der Waals surface area contributed by atoms with Crippen LogP contribution in [-0.4, -0.2) is 0 Å². The van der Waals surface area contributed by atoms with Crippen molar-refractivity contribution in [1.29, 1.82) is 0 Å². The second-order valence-electron chi connectivity index (χ2n) is 16.9. The number of fused-ring (bicyclic) bond motifs is 6. The van der Waals surface area contributed by atoms with Crippen molar-refractivity contribution >= 4 is 39.1 Å². The van der Waals surface area contributed by atoms with Crippen LogP contribution in [0.5, 0.6) is 0 Å². The van der Waals surface area contributed by atoms with Gasteiger partial charge in [-0.25, -0.2) is 0 Å². The third-order valence-electron chi connectivity index (χ3n) is 12.8. The molecule has 3 aliphatic carbocycles. The Morgan fingerprint density at radius 3 is 1.83 bits per heavy atom. The van der Waals surface area contributed by atoms with E-state index in [-0.39, 0.29) is 5.41 Å². The first-order chi connectivity index (χ1) is 28.9. The quantitative estimate of drug-likeness (QED) is 0.157. The fraction of sp³-hybridized carbons (Fsp3) is 0.241. The van der Waals surface area contributed by atoms with E-state index in [1.807, 2.05) is 29.5 Å². The normalized spacial score (nSPS) is 15.1. The summed E-state index contributed by atoms with van der Waals surface area (Å²) in [6.07, 6.45) is 15.5. The molecule has 6 aromatic carbocycles. The van der Waals surface area contributed by atoms with Crippen LogP contribution >= 0.6 is 11.3 Å². The summed E-state index contributed by atoms with van der Waals surface area (Å²) in [5.74, 6) is 1.21. The molecule has 0 bridgehead atoms. The summed E-state index contributed by atoms with van der Waals surface area (Å²) in [6, 6.07) is 50.8. The van der Waals surface area contributed by atoms with Crippen LogP contribution in [0.1, 0.15) is 119 Å². The largest absolute Gasteiger partial charge is 0.140 e. The Labute approximate surface area is 357 Å². The SMILES string of the molecule is C=Cc1c(C2CCCCC2)cc2c(c1C=C)-c1ccc(C)cc1C2(c1ccccc1)c1ccccc1.CC(C)C1=CCCc2sc3ccccc3c21.Cc1ccccc1. The number of thiophene rings is 1. The minimum atomic E-state index is -0.375. The van der Waals surface area contributed by atoms with Gasteiger partial charge >= 0.3 is 0 Å². The third kappa shape index (κ3) is 7.63. The summed E-state index contributed by atoms with van der Waals surface area (Å²) in [5.41, 5.74) is 17.3. The maximum atomic E-state index is 4.34. The number of allylic oxidation sites excluding steroid dienone is 2. The highest BCUT2D eigenvalue weighted by Gasteiger charge is 2.47. The van der Waals surface area contributed by atoms with Crippen LogP contribution in [0.3, 0.4) is 0 Å². The van der Waals surface area contributed by atoms with E-state index < -0.39 is 0 Å². The lowest BCUT2D eigenvalue weighted by atomic mass is 9.66. The van der Waals surface area contributed by atoms with Crippen molar-refractivity contribution in [2.24, 2.45) is 5.92 Å². The topological polar surface area (TPSA) is 0 Å². The second-order valence-corrected chi connectivity index (χ2v) is 18.0. The summed E-state index contributed by atoms with van der Waals surface area (Å²) in [5, 5.41) is 1.46. The van der Waals surface area contributed by atoms with Crippen molar-refractivity contribution in [3.8, 4) is 11.1 Å². The van der Waals surface area contributed by atoms with Gasteiger partial charge in [-0.3, -0.25) is 0 Å². The molecule has 0 unspecified atom stereocenters. The molecule has 1 fully saturated rings. The summed E-state index contributed by atoms with van der Waals surface area (Å²) < 4.78 is 1.45.